The Balaban J connectivity index is 2.49. The highest BCUT2D eigenvalue weighted by atomic mass is 14.4. The number of hydrogen-bond donors (Lipinski definition) is 0. The fraction of sp³-hybridized carbons (Fsp3) is 0.917. The van der Waals surface area contributed by atoms with Crippen LogP contribution in [0.5, 0.6) is 0 Å². The van der Waals surface area contributed by atoms with Gasteiger partial charge in [0.15, 0.2) is 0 Å². The third-order valence-corrected chi connectivity index (χ3v) is 3.61. The van der Waals surface area contributed by atoms with Crippen LogP contribution in [0.25, 0.3) is 0 Å². The summed E-state index contributed by atoms with van der Waals surface area (Å²) in [6, 6.07) is 2.56. The van der Waals surface area contributed by atoms with Gasteiger partial charge < -0.3 is 0 Å². The van der Waals surface area contributed by atoms with Crippen molar-refractivity contribution in [3.63, 3.8) is 0 Å². The molecular weight excluding hydrogens is 158 g/mol. The first kappa shape index (κ1) is 10.6. The Hall–Kier alpha value is -0.510. The van der Waals surface area contributed by atoms with Crippen molar-refractivity contribution in [3.05, 3.63) is 0 Å². The maximum Gasteiger partial charge on any atom is 0.0689 e. The van der Waals surface area contributed by atoms with Crippen molar-refractivity contribution in [1.82, 2.24) is 0 Å². The predicted octanol–water partition coefficient (Wildman–Crippen LogP) is 3.90. The van der Waals surface area contributed by atoms with Gasteiger partial charge in [-0.2, -0.15) is 5.26 Å². The van der Waals surface area contributed by atoms with E-state index < -0.39 is 0 Å². The maximum atomic E-state index is 9.18. The van der Waals surface area contributed by atoms with E-state index in [1.54, 1.807) is 0 Å². The van der Waals surface area contributed by atoms with Crippen molar-refractivity contribution in [2.45, 2.75) is 58.8 Å². The van der Waals surface area contributed by atoms with E-state index >= 15 is 0 Å². The van der Waals surface area contributed by atoms with Crippen molar-refractivity contribution in [3.8, 4) is 6.07 Å². The van der Waals surface area contributed by atoms with E-state index in [9.17, 15) is 5.26 Å². The average molecular weight is 179 g/mol. The zero-order chi connectivity index (χ0) is 9.73. The lowest BCUT2D eigenvalue weighted by molar-refractivity contribution is 0.192. The summed E-state index contributed by atoms with van der Waals surface area (Å²) in [7, 11) is 0. The summed E-state index contributed by atoms with van der Waals surface area (Å²) in [6.45, 7) is 4.45. The van der Waals surface area contributed by atoms with Crippen LogP contribution in [0, 0.1) is 22.7 Å². The zero-order valence-electron chi connectivity index (χ0n) is 8.97. The van der Waals surface area contributed by atoms with Gasteiger partial charge in [-0.25, -0.2) is 0 Å². The average Bonchev–Trinajstić information content (AvgIpc) is 2.19. The van der Waals surface area contributed by atoms with Crippen LogP contribution in [0.2, 0.25) is 0 Å². The minimum absolute atomic E-state index is 0.0560. The molecule has 0 N–H and O–H groups in total. The molecule has 0 atom stereocenters. The van der Waals surface area contributed by atoms with Gasteiger partial charge in [-0.1, -0.05) is 26.7 Å². The minimum Gasteiger partial charge on any atom is -0.198 e. The molecule has 1 aliphatic rings. The molecule has 1 fully saturated rings. The Bertz CT molecular complexity index is 182. The molecule has 1 rings (SSSR count). The van der Waals surface area contributed by atoms with Crippen molar-refractivity contribution in [1.29, 1.82) is 5.26 Å². The van der Waals surface area contributed by atoms with Gasteiger partial charge >= 0.3 is 0 Å². The van der Waals surface area contributed by atoms with Crippen LogP contribution in [0.1, 0.15) is 58.8 Å². The molecule has 1 nitrogen and oxygen atoms in total. The third kappa shape index (κ3) is 2.46. The summed E-state index contributed by atoms with van der Waals surface area (Å²) in [5.74, 6) is 0.901. The molecule has 0 unspecified atom stereocenters. The lowest BCUT2D eigenvalue weighted by Gasteiger charge is -2.34. The molecule has 0 aromatic heterocycles. The standard InChI is InChI=1S/C12H21N/c1-3-7-12(10-13)8-5-11(4-2)6-9-12/h11H,3-9H2,1-2H3. The highest BCUT2D eigenvalue weighted by molar-refractivity contribution is 5.01. The SMILES string of the molecule is CCCC1(C#N)CCC(CC)CC1. The second-order valence-electron chi connectivity index (χ2n) is 4.49. The van der Waals surface area contributed by atoms with Crippen LogP contribution in [0.15, 0.2) is 0 Å². The number of rotatable bonds is 3. The summed E-state index contributed by atoms with van der Waals surface area (Å²) in [6.07, 6.45) is 8.43. The normalized spacial score (nSPS) is 34.1. The Labute approximate surface area is 82.1 Å². The quantitative estimate of drug-likeness (QED) is 0.644. The summed E-state index contributed by atoms with van der Waals surface area (Å²) in [4.78, 5) is 0. The monoisotopic (exact) mass is 179 g/mol. The minimum atomic E-state index is 0.0560. The molecule has 74 valence electrons. The molecule has 0 bridgehead atoms. The van der Waals surface area contributed by atoms with Crippen LogP contribution in [0.4, 0.5) is 0 Å². The van der Waals surface area contributed by atoms with E-state index in [4.69, 9.17) is 0 Å². The largest absolute Gasteiger partial charge is 0.198 e. The van der Waals surface area contributed by atoms with Gasteiger partial charge in [-0.15, -0.1) is 0 Å². The van der Waals surface area contributed by atoms with Crippen molar-refractivity contribution in [2.75, 3.05) is 0 Å². The summed E-state index contributed by atoms with van der Waals surface area (Å²) >= 11 is 0. The Morgan fingerprint density at radius 3 is 2.31 bits per heavy atom. The molecule has 0 amide bonds. The Morgan fingerprint density at radius 2 is 1.92 bits per heavy atom. The second kappa shape index (κ2) is 4.65. The Kier molecular flexibility index (Phi) is 3.78. The van der Waals surface area contributed by atoms with Crippen molar-refractivity contribution >= 4 is 0 Å². The first-order valence-corrected chi connectivity index (χ1v) is 5.67. The molecule has 1 heteroatoms. The van der Waals surface area contributed by atoms with E-state index in [1.165, 1.54) is 19.3 Å². The van der Waals surface area contributed by atoms with Gasteiger partial charge in [0.25, 0.3) is 0 Å². The summed E-state index contributed by atoms with van der Waals surface area (Å²) in [5.41, 5.74) is 0.0560. The van der Waals surface area contributed by atoms with E-state index in [1.807, 2.05) is 0 Å². The molecule has 0 spiro atoms. The smallest absolute Gasteiger partial charge is 0.0689 e. The molecular formula is C12H21N. The fourth-order valence-corrected chi connectivity index (χ4v) is 2.53. The van der Waals surface area contributed by atoms with Gasteiger partial charge in [-0.05, 0) is 38.0 Å². The Morgan fingerprint density at radius 1 is 1.31 bits per heavy atom. The summed E-state index contributed by atoms with van der Waals surface area (Å²) < 4.78 is 0. The molecule has 0 saturated heterocycles. The summed E-state index contributed by atoms with van der Waals surface area (Å²) in [5, 5.41) is 9.18. The van der Waals surface area contributed by atoms with Gasteiger partial charge in [0, 0.05) is 0 Å². The van der Waals surface area contributed by atoms with Gasteiger partial charge in [0.2, 0.25) is 0 Å². The highest BCUT2D eigenvalue weighted by Crippen LogP contribution is 2.42. The number of hydrogen-bond acceptors (Lipinski definition) is 1. The van der Waals surface area contributed by atoms with Gasteiger partial charge in [0.1, 0.15) is 0 Å². The van der Waals surface area contributed by atoms with Gasteiger partial charge in [0.05, 0.1) is 11.5 Å². The molecule has 0 aromatic carbocycles. The van der Waals surface area contributed by atoms with Crippen LogP contribution >= 0.6 is 0 Å². The number of nitriles is 1. The predicted molar refractivity (Wildman–Crippen MR) is 55.2 cm³/mol. The zero-order valence-corrected chi connectivity index (χ0v) is 8.97. The first-order valence-electron chi connectivity index (χ1n) is 5.67. The van der Waals surface area contributed by atoms with Crippen LogP contribution < -0.4 is 0 Å². The van der Waals surface area contributed by atoms with E-state index in [0.717, 1.165) is 31.6 Å². The van der Waals surface area contributed by atoms with Crippen LogP contribution in [-0.2, 0) is 0 Å². The van der Waals surface area contributed by atoms with E-state index in [-0.39, 0.29) is 5.41 Å². The molecule has 0 aromatic rings. The third-order valence-electron chi connectivity index (χ3n) is 3.61. The van der Waals surface area contributed by atoms with Crippen LogP contribution in [-0.4, -0.2) is 0 Å². The van der Waals surface area contributed by atoms with Crippen molar-refractivity contribution in [2.24, 2.45) is 11.3 Å². The van der Waals surface area contributed by atoms with Crippen LogP contribution in [0.3, 0.4) is 0 Å². The van der Waals surface area contributed by atoms with E-state index in [0.29, 0.717) is 0 Å². The lowest BCUT2D eigenvalue weighted by atomic mass is 9.68. The molecule has 0 heterocycles. The van der Waals surface area contributed by atoms with Gasteiger partial charge in [-0.3, -0.25) is 0 Å². The fourth-order valence-electron chi connectivity index (χ4n) is 2.53. The lowest BCUT2D eigenvalue weighted by Crippen LogP contribution is -2.25. The molecule has 0 aliphatic heterocycles. The highest BCUT2D eigenvalue weighted by Gasteiger charge is 2.33. The second-order valence-corrected chi connectivity index (χ2v) is 4.49. The molecule has 1 saturated carbocycles. The van der Waals surface area contributed by atoms with E-state index in [2.05, 4.69) is 19.9 Å². The first-order chi connectivity index (χ1) is 6.26. The molecule has 13 heavy (non-hydrogen) atoms. The molecule has 0 radical (unpaired) electrons. The molecule has 1 aliphatic carbocycles. The topological polar surface area (TPSA) is 23.8 Å². The maximum absolute atomic E-state index is 9.18. The van der Waals surface area contributed by atoms with Crippen molar-refractivity contribution < 1.29 is 0 Å². The number of nitrogens with zero attached hydrogens (tertiary/aromatic N) is 1.